The summed E-state index contributed by atoms with van der Waals surface area (Å²) < 4.78 is 0. The topological polar surface area (TPSA) is 57.6 Å². The van der Waals surface area contributed by atoms with E-state index in [9.17, 15) is 14.7 Å². The first-order chi connectivity index (χ1) is 11.4. The third-order valence-corrected chi connectivity index (χ3v) is 5.40. The Morgan fingerprint density at radius 3 is 2.33 bits per heavy atom. The summed E-state index contributed by atoms with van der Waals surface area (Å²) in [5.41, 5.74) is 1.60. The first kappa shape index (κ1) is 16.2. The highest BCUT2D eigenvalue weighted by atomic mass is 16.4. The molecule has 0 spiro atoms. The van der Waals surface area contributed by atoms with Gasteiger partial charge in [-0.05, 0) is 17.2 Å². The Bertz CT molecular complexity index is 786. The van der Waals surface area contributed by atoms with Gasteiger partial charge in [0, 0.05) is 18.0 Å². The number of rotatable bonds is 3. The van der Waals surface area contributed by atoms with Gasteiger partial charge in [-0.3, -0.25) is 9.59 Å². The molecule has 0 bridgehead atoms. The molecule has 24 heavy (non-hydrogen) atoms. The van der Waals surface area contributed by atoms with Gasteiger partial charge in [-0.1, -0.05) is 62.4 Å². The van der Waals surface area contributed by atoms with E-state index < -0.39 is 17.3 Å². The number of benzene rings is 2. The van der Waals surface area contributed by atoms with E-state index in [1.54, 1.807) is 24.9 Å². The van der Waals surface area contributed by atoms with E-state index in [-0.39, 0.29) is 11.9 Å². The van der Waals surface area contributed by atoms with Crippen LogP contribution >= 0.6 is 0 Å². The Labute approximate surface area is 141 Å². The maximum Gasteiger partial charge on any atom is 0.307 e. The van der Waals surface area contributed by atoms with Crippen molar-refractivity contribution in [2.45, 2.75) is 25.3 Å². The lowest BCUT2D eigenvalue weighted by atomic mass is 9.62. The van der Waals surface area contributed by atoms with Crippen LogP contribution in [0.5, 0.6) is 0 Å². The number of hydrogen-bond donors (Lipinski definition) is 1. The summed E-state index contributed by atoms with van der Waals surface area (Å²) in [7, 11) is 1.75. The zero-order chi connectivity index (χ0) is 17.5. The van der Waals surface area contributed by atoms with Gasteiger partial charge >= 0.3 is 5.97 Å². The molecule has 1 heterocycles. The molecule has 1 amide bonds. The highest BCUT2D eigenvalue weighted by Gasteiger charge is 2.52. The molecule has 1 N–H and O–H groups in total. The van der Waals surface area contributed by atoms with E-state index in [4.69, 9.17) is 0 Å². The van der Waals surface area contributed by atoms with Gasteiger partial charge in [0.1, 0.15) is 0 Å². The zero-order valence-corrected chi connectivity index (χ0v) is 14.1. The average Bonchev–Trinajstić information content (AvgIpc) is 2.60. The second-order valence-corrected chi connectivity index (χ2v) is 6.62. The van der Waals surface area contributed by atoms with Gasteiger partial charge in [0.2, 0.25) is 0 Å². The fourth-order valence-electron chi connectivity index (χ4n) is 3.93. The highest BCUT2D eigenvalue weighted by Crippen LogP contribution is 2.50. The molecule has 0 fully saturated rings. The minimum absolute atomic E-state index is 0.0745. The molecular weight excluding hydrogens is 302 g/mol. The fourth-order valence-corrected chi connectivity index (χ4v) is 3.93. The van der Waals surface area contributed by atoms with Crippen LogP contribution in [-0.4, -0.2) is 28.9 Å². The molecule has 3 rings (SSSR count). The largest absolute Gasteiger partial charge is 0.481 e. The smallest absolute Gasteiger partial charge is 0.307 e. The van der Waals surface area contributed by atoms with Crippen molar-refractivity contribution in [1.29, 1.82) is 0 Å². The van der Waals surface area contributed by atoms with Crippen molar-refractivity contribution >= 4 is 11.9 Å². The van der Waals surface area contributed by atoms with Crippen molar-refractivity contribution in [3.05, 3.63) is 71.3 Å². The predicted octanol–water partition coefficient (Wildman–Crippen LogP) is 3.49. The molecular formula is C20H21NO3. The van der Waals surface area contributed by atoms with Crippen LogP contribution in [0.3, 0.4) is 0 Å². The van der Waals surface area contributed by atoms with Crippen LogP contribution in [0.4, 0.5) is 0 Å². The lowest BCUT2D eigenvalue weighted by molar-refractivity contribution is -0.144. The second-order valence-electron chi connectivity index (χ2n) is 6.62. The number of hydrogen-bond acceptors (Lipinski definition) is 2. The molecule has 0 saturated carbocycles. The Hall–Kier alpha value is -2.62. The van der Waals surface area contributed by atoms with Gasteiger partial charge in [-0.25, -0.2) is 0 Å². The standard InChI is InChI=1S/C20H21NO3/c1-13(19(23)24)20(2)16-12-8-7-11-15(16)18(22)21(3)17(20)14-9-5-4-6-10-14/h4-13,17H,1-3H3,(H,23,24). The van der Waals surface area contributed by atoms with E-state index >= 15 is 0 Å². The third kappa shape index (κ3) is 2.21. The Morgan fingerprint density at radius 1 is 1.12 bits per heavy atom. The van der Waals surface area contributed by atoms with Gasteiger partial charge < -0.3 is 10.0 Å². The summed E-state index contributed by atoms with van der Waals surface area (Å²) in [5, 5.41) is 9.74. The summed E-state index contributed by atoms with van der Waals surface area (Å²) in [6.07, 6.45) is 0. The second kappa shape index (κ2) is 5.78. The van der Waals surface area contributed by atoms with Crippen LogP contribution < -0.4 is 0 Å². The van der Waals surface area contributed by atoms with Crippen molar-refractivity contribution in [3.8, 4) is 0 Å². The van der Waals surface area contributed by atoms with Gasteiger partial charge in [0.25, 0.3) is 5.91 Å². The first-order valence-corrected chi connectivity index (χ1v) is 8.03. The number of carbonyl (C=O) groups excluding carboxylic acids is 1. The molecule has 4 heteroatoms. The lowest BCUT2D eigenvalue weighted by Crippen LogP contribution is -2.53. The first-order valence-electron chi connectivity index (χ1n) is 8.03. The number of fused-ring (bicyclic) bond motifs is 1. The van der Waals surface area contributed by atoms with Crippen LogP contribution in [-0.2, 0) is 10.2 Å². The Balaban J connectivity index is 2.31. The minimum Gasteiger partial charge on any atom is -0.481 e. The monoisotopic (exact) mass is 323 g/mol. The van der Waals surface area contributed by atoms with Gasteiger partial charge in [0.05, 0.1) is 12.0 Å². The summed E-state index contributed by atoms with van der Waals surface area (Å²) in [4.78, 5) is 26.4. The molecule has 3 atom stereocenters. The van der Waals surface area contributed by atoms with Crippen LogP contribution in [0.1, 0.15) is 41.4 Å². The molecule has 0 radical (unpaired) electrons. The van der Waals surface area contributed by atoms with Crippen LogP contribution in [0.2, 0.25) is 0 Å². The SMILES string of the molecule is CC(C(=O)O)C1(C)c2ccccc2C(=O)N(C)C1c1ccccc1. The number of carboxylic acid groups (broad SMARTS) is 1. The molecule has 4 nitrogen and oxygen atoms in total. The van der Waals surface area contributed by atoms with Crippen LogP contribution in [0.25, 0.3) is 0 Å². The van der Waals surface area contributed by atoms with E-state index in [2.05, 4.69) is 0 Å². The molecule has 1 aliphatic heterocycles. The van der Waals surface area contributed by atoms with Gasteiger partial charge in [0.15, 0.2) is 0 Å². The number of likely N-dealkylation sites (N-methyl/N-ethyl adjacent to an activating group) is 1. The van der Waals surface area contributed by atoms with Gasteiger partial charge in [-0.15, -0.1) is 0 Å². The van der Waals surface area contributed by atoms with E-state index in [0.717, 1.165) is 11.1 Å². The van der Waals surface area contributed by atoms with Crippen molar-refractivity contribution in [2.24, 2.45) is 5.92 Å². The maximum atomic E-state index is 12.9. The molecule has 0 saturated heterocycles. The third-order valence-electron chi connectivity index (χ3n) is 5.40. The minimum atomic E-state index is -0.865. The summed E-state index contributed by atoms with van der Waals surface area (Å²) in [6, 6.07) is 16.7. The number of carboxylic acids is 1. The number of amides is 1. The number of carbonyl (C=O) groups is 2. The number of nitrogens with zero attached hydrogens (tertiary/aromatic N) is 1. The predicted molar refractivity (Wildman–Crippen MR) is 91.9 cm³/mol. The van der Waals surface area contributed by atoms with Gasteiger partial charge in [-0.2, -0.15) is 0 Å². The highest BCUT2D eigenvalue weighted by molar-refractivity contribution is 5.98. The Kier molecular flexibility index (Phi) is 3.91. The molecule has 1 aliphatic rings. The molecule has 2 aromatic rings. The summed E-state index contributed by atoms with van der Waals surface area (Å²) in [5.74, 6) is -1.59. The summed E-state index contributed by atoms with van der Waals surface area (Å²) in [6.45, 7) is 3.67. The van der Waals surface area contributed by atoms with E-state index in [0.29, 0.717) is 5.56 Å². The van der Waals surface area contributed by atoms with Crippen LogP contribution in [0, 0.1) is 5.92 Å². The zero-order valence-electron chi connectivity index (χ0n) is 14.1. The molecule has 2 aromatic carbocycles. The van der Waals surface area contributed by atoms with E-state index in [1.807, 2.05) is 55.5 Å². The maximum absolute atomic E-state index is 12.9. The molecule has 0 aliphatic carbocycles. The van der Waals surface area contributed by atoms with Crippen molar-refractivity contribution in [2.75, 3.05) is 7.05 Å². The fraction of sp³-hybridized carbons (Fsp3) is 0.300. The quantitative estimate of drug-likeness (QED) is 0.940. The van der Waals surface area contributed by atoms with E-state index in [1.165, 1.54) is 0 Å². The van der Waals surface area contributed by atoms with Crippen molar-refractivity contribution < 1.29 is 14.7 Å². The molecule has 3 unspecified atom stereocenters. The lowest BCUT2D eigenvalue weighted by Gasteiger charge is -2.49. The molecule has 124 valence electrons. The normalized spacial score (nSPS) is 24.4. The Morgan fingerprint density at radius 2 is 1.71 bits per heavy atom. The summed E-state index contributed by atoms with van der Waals surface area (Å²) >= 11 is 0. The van der Waals surface area contributed by atoms with Crippen LogP contribution in [0.15, 0.2) is 54.6 Å². The molecule has 0 aromatic heterocycles. The average molecular weight is 323 g/mol. The van der Waals surface area contributed by atoms with Crippen molar-refractivity contribution in [1.82, 2.24) is 4.90 Å². The van der Waals surface area contributed by atoms with Crippen molar-refractivity contribution in [3.63, 3.8) is 0 Å². The number of aliphatic carboxylic acids is 1.